The molecule has 1 saturated carbocycles. The number of amides is 1. The van der Waals surface area contributed by atoms with Gasteiger partial charge in [0.25, 0.3) is 5.91 Å². The molecule has 2 N–H and O–H groups in total. The summed E-state index contributed by atoms with van der Waals surface area (Å²) in [6.45, 7) is 0. The van der Waals surface area contributed by atoms with Crippen LogP contribution in [0, 0.1) is 5.92 Å². The number of carbonyl (C=O) groups excluding carboxylic acids is 1. The lowest BCUT2D eigenvalue weighted by atomic mass is 9.75. The zero-order valence-electron chi connectivity index (χ0n) is 13.0. The molecule has 6 nitrogen and oxygen atoms in total. The van der Waals surface area contributed by atoms with Gasteiger partial charge in [-0.05, 0) is 30.4 Å². The molecule has 2 aromatic heterocycles. The van der Waals surface area contributed by atoms with Gasteiger partial charge in [0.1, 0.15) is 0 Å². The van der Waals surface area contributed by atoms with Crippen LogP contribution in [0.1, 0.15) is 34.9 Å². The summed E-state index contributed by atoms with van der Waals surface area (Å²) in [5.74, 6) is 0.0113. The molecule has 1 amide bonds. The summed E-state index contributed by atoms with van der Waals surface area (Å²) in [7, 11) is 0. The van der Waals surface area contributed by atoms with Gasteiger partial charge in [-0.3, -0.25) is 4.79 Å². The number of rotatable bonds is 4. The Bertz CT molecular complexity index is 823. The lowest BCUT2D eigenvalue weighted by Gasteiger charge is -2.38. The first-order chi connectivity index (χ1) is 11.7. The van der Waals surface area contributed by atoms with Gasteiger partial charge >= 0.3 is 0 Å². The molecule has 0 aliphatic heterocycles. The lowest BCUT2D eigenvalue weighted by Crippen LogP contribution is -2.41. The van der Waals surface area contributed by atoms with Crippen molar-refractivity contribution in [2.75, 3.05) is 0 Å². The summed E-state index contributed by atoms with van der Waals surface area (Å²) in [5.41, 5.74) is 2.03. The number of hydrogen-bond acceptors (Lipinski definition) is 4. The SMILES string of the molecule is O=C(N[C@@H](c1ccccc1)C1CC(O)C1)c1cc2ncccn2n1. The van der Waals surface area contributed by atoms with Crippen molar-refractivity contribution in [3.8, 4) is 0 Å². The second-order valence-corrected chi connectivity index (χ2v) is 6.20. The van der Waals surface area contributed by atoms with Crippen molar-refractivity contribution in [3.63, 3.8) is 0 Å². The fraction of sp³-hybridized carbons (Fsp3) is 0.278. The molecular weight excluding hydrogens is 304 g/mol. The highest BCUT2D eigenvalue weighted by atomic mass is 16.3. The fourth-order valence-corrected chi connectivity index (χ4v) is 3.19. The number of aromatic nitrogens is 3. The predicted octanol–water partition coefficient (Wildman–Crippen LogP) is 1.97. The minimum atomic E-state index is -0.266. The third-order valence-electron chi connectivity index (χ3n) is 4.54. The van der Waals surface area contributed by atoms with Crippen molar-refractivity contribution < 1.29 is 9.90 Å². The Morgan fingerprint density at radius 2 is 2.04 bits per heavy atom. The van der Waals surface area contributed by atoms with Crippen LogP contribution in [0.3, 0.4) is 0 Å². The Balaban J connectivity index is 1.58. The van der Waals surface area contributed by atoms with E-state index in [0.717, 1.165) is 5.56 Å². The summed E-state index contributed by atoms with van der Waals surface area (Å²) in [5, 5.41) is 17.0. The molecule has 3 aromatic rings. The van der Waals surface area contributed by atoms with Crippen LogP contribution in [0.15, 0.2) is 54.9 Å². The molecule has 6 heteroatoms. The summed E-state index contributed by atoms with van der Waals surface area (Å²) >= 11 is 0. The zero-order chi connectivity index (χ0) is 16.5. The number of benzene rings is 1. The van der Waals surface area contributed by atoms with E-state index in [1.807, 2.05) is 30.3 Å². The monoisotopic (exact) mass is 322 g/mol. The van der Waals surface area contributed by atoms with Gasteiger partial charge in [0, 0.05) is 18.5 Å². The Labute approximate surface area is 139 Å². The van der Waals surface area contributed by atoms with Crippen molar-refractivity contribution >= 4 is 11.6 Å². The van der Waals surface area contributed by atoms with E-state index in [1.54, 1.807) is 29.0 Å². The topological polar surface area (TPSA) is 79.5 Å². The molecule has 1 atom stereocenters. The predicted molar refractivity (Wildman–Crippen MR) is 88.4 cm³/mol. The van der Waals surface area contributed by atoms with Crippen LogP contribution < -0.4 is 5.32 Å². The zero-order valence-corrected chi connectivity index (χ0v) is 13.0. The maximum atomic E-state index is 12.6. The Hall–Kier alpha value is -2.73. The molecular formula is C18H18N4O2. The number of nitrogens with one attached hydrogen (secondary N) is 1. The van der Waals surface area contributed by atoms with E-state index in [0.29, 0.717) is 24.2 Å². The molecule has 24 heavy (non-hydrogen) atoms. The van der Waals surface area contributed by atoms with Gasteiger partial charge in [-0.1, -0.05) is 30.3 Å². The average Bonchev–Trinajstić information content (AvgIpc) is 3.02. The van der Waals surface area contributed by atoms with Crippen molar-refractivity contribution in [1.29, 1.82) is 0 Å². The first-order valence-electron chi connectivity index (χ1n) is 8.05. The fourth-order valence-electron chi connectivity index (χ4n) is 3.19. The largest absolute Gasteiger partial charge is 0.393 e. The van der Waals surface area contributed by atoms with Crippen LogP contribution >= 0.6 is 0 Å². The number of aliphatic hydroxyl groups excluding tert-OH is 1. The number of fused-ring (bicyclic) bond motifs is 1. The summed E-state index contributed by atoms with van der Waals surface area (Å²) in [6.07, 6.45) is 4.56. The normalized spacial score (nSPS) is 21.2. The first kappa shape index (κ1) is 14.8. The van der Waals surface area contributed by atoms with E-state index in [2.05, 4.69) is 15.4 Å². The second-order valence-electron chi connectivity index (χ2n) is 6.20. The van der Waals surface area contributed by atoms with Crippen LogP contribution in [0.2, 0.25) is 0 Å². The average molecular weight is 322 g/mol. The van der Waals surface area contributed by atoms with E-state index < -0.39 is 0 Å². The Kier molecular flexibility index (Phi) is 3.74. The van der Waals surface area contributed by atoms with Gasteiger partial charge in [0.15, 0.2) is 11.3 Å². The molecule has 1 aliphatic rings. The first-order valence-corrected chi connectivity index (χ1v) is 8.05. The quantitative estimate of drug-likeness (QED) is 0.770. The van der Waals surface area contributed by atoms with E-state index in [-0.39, 0.29) is 24.0 Å². The molecule has 122 valence electrons. The van der Waals surface area contributed by atoms with Crippen molar-refractivity contribution in [2.24, 2.45) is 5.92 Å². The maximum Gasteiger partial charge on any atom is 0.272 e. The molecule has 1 aliphatic carbocycles. The van der Waals surface area contributed by atoms with E-state index in [9.17, 15) is 9.90 Å². The maximum absolute atomic E-state index is 12.6. The van der Waals surface area contributed by atoms with E-state index in [4.69, 9.17) is 0 Å². The molecule has 0 saturated heterocycles. The number of hydrogen-bond donors (Lipinski definition) is 2. The Morgan fingerprint density at radius 3 is 2.75 bits per heavy atom. The van der Waals surface area contributed by atoms with Gasteiger partial charge in [-0.15, -0.1) is 0 Å². The second kappa shape index (κ2) is 6.05. The number of nitrogens with zero attached hydrogens (tertiary/aromatic N) is 3. The smallest absolute Gasteiger partial charge is 0.272 e. The van der Waals surface area contributed by atoms with Crippen LogP contribution in [0.25, 0.3) is 5.65 Å². The highest BCUT2D eigenvalue weighted by molar-refractivity contribution is 5.93. The minimum absolute atomic E-state index is 0.125. The summed E-state index contributed by atoms with van der Waals surface area (Å²) in [6, 6.07) is 13.2. The standard InChI is InChI=1S/C18H18N4O2/c23-14-9-13(10-14)17(12-5-2-1-3-6-12)20-18(24)15-11-16-19-7-4-8-22(16)21-15/h1-8,11,13-14,17,23H,9-10H2,(H,20,24)/t13?,14?,17-/m0/s1. The number of aliphatic hydroxyl groups is 1. The molecule has 2 heterocycles. The molecule has 0 radical (unpaired) electrons. The van der Waals surface area contributed by atoms with Gasteiger partial charge in [0.2, 0.25) is 0 Å². The summed E-state index contributed by atoms with van der Waals surface area (Å²) < 4.78 is 1.58. The van der Waals surface area contributed by atoms with E-state index >= 15 is 0 Å². The van der Waals surface area contributed by atoms with Crippen LogP contribution in [0.5, 0.6) is 0 Å². The molecule has 1 fully saturated rings. The van der Waals surface area contributed by atoms with Crippen LogP contribution in [-0.4, -0.2) is 31.7 Å². The van der Waals surface area contributed by atoms with E-state index in [1.165, 1.54) is 0 Å². The van der Waals surface area contributed by atoms with Gasteiger partial charge in [-0.25, -0.2) is 9.50 Å². The lowest BCUT2D eigenvalue weighted by molar-refractivity contribution is 0.0234. The molecule has 0 bridgehead atoms. The van der Waals surface area contributed by atoms with Crippen LogP contribution in [0.4, 0.5) is 0 Å². The van der Waals surface area contributed by atoms with Gasteiger partial charge in [0.05, 0.1) is 12.1 Å². The van der Waals surface area contributed by atoms with Crippen molar-refractivity contribution in [3.05, 3.63) is 66.1 Å². The minimum Gasteiger partial charge on any atom is -0.393 e. The van der Waals surface area contributed by atoms with Gasteiger partial charge in [-0.2, -0.15) is 5.10 Å². The van der Waals surface area contributed by atoms with Crippen LogP contribution in [-0.2, 0) is 0 Å². The third kappa shape index (κ3) is 2.76. The molecule has 0 unspecified atom stereocenters. The van der Waals surface area contributed by atoms with Crippen molar-refractivity contribution in [2.45, 2.75) is 25.0 Å². The molecule has 0 spiro atoms. The number of carbonyl (C=O) groups is 1. The Morgan fingerprint density at radius 1 is 1.25 bits per heavy atom. The highest BCUT2D eigenvalue weighted by Gasteiger charge is 2.36. The summed E-state index contributed by atoms with van der Waals surface area (Å²) in [4.78, 5) is 16.8. The van der Waals surface area contributed by atoms with Crippen molar-refractivity contribution in [1.82, 2.24) is 19.9 Å². The molecule has 1 aromatic carbocycles. The third-order valence-corrected chi connectivity index (χ3v) is 4.54. The van der Waals surface area contributed by atoms with Gasteiger partial charge < -0.3 is 10.4 Å². The highest BCUT2D eigenvalue weighted by Crippen LogP contribution is 2.38. The molecule has 4 rings (SSSR count).